The monoisotopic (exact) mass is 1310 g/mol. The highest BCUT2D eigenvalue weighted by atomic mass is 127. The van der Waals surface area contributed by atoms with Gasteiger partial charge in [-0.25, -0.2) is 0 Å². The number of hydrogen-bond donors (Lipinski definition) is 8. The van der Waals surface area contributed by atoms with E-state index in [4.69, 9.17) is 4.74 Å². The van der Waals surface area contributed by atoms with Gasteiger partial charge in [0.15, 0.2) is 0 Å². The summed E-state index contributed by atoms with van der Waals surface area (Å²) in [5.41, 5.74) is -1.90. The molecule has 13 nitrogen and oxygen atoms in total. The van der Waals surface area contributed by atoms with Crippen LogP contribution >= 0.6 is 136 Å². The maximum atomic E-state index is 12.4. The molecule has 0 aliphatic heterocycles. The summed E-state index contributed by atoms with van der Waals surface area (Å²) in [5, 5.41) is 53.3. The highest BCUT2D eigenvalue weighted by molar-refractivity contribution is 14.1. The summed E-state index contributed by atoms with van der Waals surface area (Å²) in [4.78, 5) is 49.7. The Kier molecular flexibility index (Phi) is 16.7. The molecule has 0 fully saturated rings. The summed E-state index contributed by atoms with van der Waals surface area (Å²) in [5.74, 6) is -1.64. The zero-order valence-electron chi connectivity index (χ0n) is 24.2. The van der Waals surface area contributed by atoms with Gasteiger partial charge in [-0.15, -0.1) is 0 Å². The van der Waals surface area contributed by atoms with E-state index in [9.17, 15) is 39.6 Å². The average Bonchev–Trinajstić information content (AvgIpc) is 2.95. The number of aliphatic hydroxyl groups excluding tert-OH is 4. The molecular weight excluding hydrogens is 1270 g/mol. The number of aliphatic hydroxyl groups is 4. The van der Waals surface area contributed by atoms with Crippen LogP contribution in [0.3, 0.4) is 0 Å². The Bertz CT molecular complexity index is 1270. The largest absolute Gasteiger partial charge is 0.394 e. The van der Waals surface area contributed by atoms with Gasteiger partial charge in [-0.2, -0.15) is 0 Å². The standard InChI is InChI=1S/C26H32I6N4O9/c1-9(39)33-17-15(27)18(34-10(2)40)22(30)25(21(17)29,5-13(43)7-37)45-26(6-14(44)8-38)23(31)19(35-11(3)41)16(28)20(24(26)32)36-12(4)42/h13-14,21,23,37-38,43-44H,5-8H2,1-4H3,(H,33,39)(H,34,40)(H,35,41)(H,36,42). The molecule has 0 heterocycles. The van der Waals surface area contributed by atoms with Gasteiger partial charge < -0.3 is 46.4 Å². The molecule has 0 saturated carbocycles. The van der Waals surface area contributed by atoms with E-state index in [2.05, 4.69) is 66.4 Å². The second-order valence-electron chi connectivity index (χ2n) is 10.2. The van der Waals surface area contributed by atoms with Crippen LogP contribution in [-0.2, 0) is 23.9 Å². The molecule has 8 N–H and O–H groups in total. The first-order valence-corrected chi connectivity index (χ1v) is 19.9. The van der Waals surface area contributed by atoms with Crippen molar-refractivity contribution >= 4 is 159 Å². The number of rotatable bonds is 12. The molecule has 2 rings (SSSR count). The first kappa shape index (κ1) is 42.2. The number of ether oxygens (including phenoxy) is 1. The number of amides is 4. The van der Waals surface area contributed by atoms with Crippen LogP contribution in [0, 0.1) is 0 Å². The number of hydrogen-bond acceptors (Lipinski definition) is 9. The molecule has 6 atom stereocenters. The SMILES string of the molecule is CC(=O)NC1=C(I)C(CC(O)CO)(OC2(CC(O)CO)C(I)=C(NC(C)=O)C(I)=C(NC(C)=O)C2I)C(I)C(NC(C)=O)=C1I. The lowest BCUT2D eigenvalue weighted by molar-refractivity contribution is -0.139. The lowest BCUT2D eigenvalue weighted by Crippen LogP contribution is -2.61. The molecule has 0 saturated heterocycles. The molecule has 0 bridgehead atoms. The van der Waals surface area contributed by atoms with E-state index in [1.54, 1.807) is 0 Å². The molecule has 2 aliphatic rings. The van der Waals surface area contributed by atoms with Crippen molar-refractivity contribution in [1.29, 1.82) is 0 Å². The van der Waals surface area contributed by atoms with Gasteiger partial charge in [0.05, 0.1) is 51.8 Å². The van der Waals surface area contributed by atoms with Crippen LogP contribution in [-0.4, -0.2) is 88.5 Å². The highest BCUT2D eigenvalue weighted by Crippen LogP contribution is 2.57. The number of carbonyl (C=O) groups is 4. The smallest absolute Gasteiger partial charge is 0.221 e. The Morgan fingerprint density at radius 3 is 1.20 bits per heavy atom. The first-order chi connectivity index (χ1) is 20.8. The number of allylic oxidation sites excluding steroid dienone is 2. The van der Waals surface area contributed by atoms with Crippen molar-refractivity contribution in [1.82, 2.24) is 21.3 Å². The molecule has 6 unspecified atom stereocenters. The molecule has 19 heteroatoms. The third kappa shape index (κ3) is 9.63. The minimum atomic E-state index is -1.62. The van der Waals surface area contributed by atoms with E-state index in [0.29, 0.717) is 37.1 Å². The van der Waals surface area contributed by atoms with Gasteiger partial charge in [-0.3, -0.25) is 19.2 Å². The summed E-state index contributed by atoms with van der Waals surface area (Å²) < 4.78 is 7.58. The summed E-state index contributed by atoms with van der Waals surface area (Å²) in [6.45, 7) is 3.99. The molecule has 0 aromatic heterocycles. The van der Waals surface area contributed by atoms with Gasteiger partial charge in [-0.1, -0.05) is 45.2 Å². The summed E-state index contributed by atoms with van der Waals surface area (Å²) in [6, 6.07) is 0. The van der Waals surface area contributed by atoms with Crippen LogP contribution < -0.4 is 21.3 Å². The van der Waals surface area contributed by atoms with Crippen molar-refractivity contribution in [3.63, 3.8) is 0 Å². The number of nitrogens with one attached hydrogen (secondary N) is 4. The Labute approximate surface area is 342 Å². The second kappa shape index (κ2) is 17.8. The highest BCUT2D eigenvalue weighted by Gasteiger charge is 2.59. The van der Waals surface area contributed by atoms with Gasteiger partial charge in [0.2, 0.25) is 23.6 Å². The van der Waals surface area contributed by atoms with Gasteiger partial charge in [0, 0.05) is 59.1 Å². The molecule has 0 aromatic rings. The molecule has 0 aromatic carbocycles. The normalized spacial score (nSPS) is 26.9. The lowest BCUT2D eigenvalue weighted by atomic mass is 9.81. The molecule has 252 valence electrons. The van der Waals surface area contributed by atoms with Crippen molar-refractivity contribution in [3.05, 3.63) is 37.1 Å². The summed E-state index contributed by atoms with van der Waals surface area (Å²) in [7, 11) is 0. The quantitative estimate of drug-likeness (QED) is 0.107. The Balaban J connectivity index is 3.14. The van der Waals surface area contributed by atoms with Crippen LogP contribution in [0.5, 0.6) is 0 Å². The van der Waals surface area contributed by atoms with E-state index >= 15 is 0 Å². The molecule has 4 amide bonds. The third-order valence-electron chi connectivity index (χ3n) is 6.51. The maximum absolute atomic E-state index is 12.4. The number of alkyl halides is 2. The molecule has 2 aliphatic carbocycles. The maximum Gasteiger partial charge on any atom is 0.221 e. The van der Waals surface area contributed by atoms with E-state index in [1.165, 1.54) is 27.7 Å². The number of carbonyl (C=O) groups excluding carboxylic acids is 4. The zero-order chi connectivity index (χ0) is 34.6. The van der Waals surface area contributed by atoms with Crippen molar-refractivity contribution in [2.24, 2.45) is 0 Å². The van der Waals surface area contributed by atoms with Crippen molar-refractivity contribution < 1.29 is 44.3 Å². The first-order valence-electron chi connectivity index (χ1n) is 13.1. The predicted octanol–water partition coefficient (Wildman–Crippen LogP) is 2.73. The van der Waals surface area contributed by atoms with Crippen LogP contribution in [0.1, 0.15) is 40.5 Å². The molecule has 0 radical (unpaired) electrons. The minimum absolute atomic E-state index is 0.249. The van der Waals surface area contributed by atoms with E-state index in [-0.39, 0.29) is 12.8 Å². The van der Waals surface area contributed by atoms with Crippen LogP contribution in [0.4, 0.5) is 0 Å². The van der Waals surface area contributed by atoms with E-state index < -0.39 is 68.1 Å². The Hall–Kier alpha value is 1.02. The van der Waals surface area contributed by atoms with Crippen LogP contribution in [0.2, 0.25) is 0 Å². The minimum Gasteiger partial charge on any atom is -0.394 e. The van der Waals surface area contributed by atoms with Crippen LogP contribution in [0.25, 0.3) is 0 Å². The zero-order valence-corrected chi connectivity index (χ0v) is 37.2. The van der Waals surface area contributed by atoms with E-state index in [0.717, 1.165) is 0 Å². The molecular formula is C26H32I6N4O9. The fourth-order valence-corrected chi connectivity index (χ4v) is 14.3. The van der Waals surface area contributed by atoms with Crippen molar-refractivity contribution in [2.45, 2.75) is 71.8 Å². The van der Waals surface area contributed by atoms with Crippen molar-refractivity contribution in [2.75, 3.05) is 13.2 Å². The molecule has 45 heavy (non-hydrogen) atoms. The number of halogens is 6. The topological polar surface area (TPSA) is 207 Å². The van der Waals surface area contributed by atoms with Gasteiger partial charge in [-0.05, 0) is 90.4 Å². The Morgan fingerprint density at radius 2 is 0.956 bits per heavy atom. The van der Waals surface area contributed by atoms with Gasteiger partial charge in [0.1, 0.15) is 11.2 Å². The molecule has 0 spiro atoms. The van der Waals surface area contributed by atoms with Crippen molar-refractivity contribution in [3.8, 4) is 0 Å². The summed E-state index contributed by atoms with van der Waals surface area (Å²) >= 11 is 12.2. The van der Waals surface area contributed by atoms with Gasteiger partial charge in [0.25, 0.3) is 0 Å². The fourth-order valence-electron chi connectivity index (χ4n) is 4.80. The van der Waals surface area contributed by atoms with Crippen LogP contribution in [0.15, 0.2) is 37.1 Å². The predicted molar refractivity (Wildman–Crippen MR) is 217 cm³/mol. The third-order valence-corrected chi connectivity index (χ3v) is 14.9. The van der Waals surface area contributed by atoms with Gasteiger partial charge >= 0.3 is 0 Å². The van der Waals surface area contributed by atoms with E-state index in [1.807, 2.05) is 90.4 Å². The average molecular weight is 1310 g/mol. The summed E-state index contributed by atoms with van der Waals surface area (Å²) in [6.07, 6.45) is -3.20. The second-order valence-corrected chi connectivity index (χ2v) is 17.1. The fraction of sp³-hybridized carbons (Fsp3) is 0.538. The Morgan fingerprint density at radius 1 is 0.667 bits per heavy atom. The lowest BCUT2D eigenvalue weighted by Gasteiger charge is -2.53.